The van der Waals surface area contributed by atoms with E-state index in [1.54, 1.807) is 0 Å². The number of hydrogen-bond acceptors (Lipinski definition) is 1. The van der Waals surface area contributed by atoms with E-state index in [1.807, 2.05) is 16.8 Å². The molecule has 0 saturated carbocycles. The fourth-order valence-electron chi connectivity index (χ4n) is 5.84. The molecule has 4 aromatic heterocycles. The summed E-state index contributed by atoms with van der Waals surface area (Å²) in [5.74, 6) is 0. The second kappa shape index (κ2) is 7.02. The minimum absolute atomic E-state index is 0. The van der Waals surface area contributed by atoms with Crippen LogP contribution in [0.1, 0.15) is 5.56 Å². The summed E-state index contributed by atoms with van der Waals surface area (Å²) in [6.07, 6.45) is 1.97. The number of aromatic nitrogens is 2. The van der Waals surface area contributed by atoms with Crippen molar-refractivity contribution >= 4 is 60.0 Å². The molecule has 8 rings (SSSR count). The van der Waals surface area contributed by atoms with Crippen LogP contribution in [0.3, 0.4) is 0 Å². The first-order valence-electron chi connectivity index (χ1n) is 11.4. The average molecular weight is 628 g/mol. The molecular weight excluding hydrogens is 609 g/mol. The number of nitrogens with zero attached hydrogens (tertiary/aromatic N) is 2. The van der Waals surface area contributed by atoms with E-state index in [2.05, 4.69) is 97.2 Å². The molecule has 35 heavy (non-hydrogen) atoms. The standard InChI is InChI=1S/C31H19N2O.Ir/c1-18-20-9-4-3-8-19(20)14-15-21(18)29-27-26(16-17-32(29)2)34-31-24-12-7-11-23-22-10-5-6-13-25(22)33(28(23)24)30(27)31;/h3-17H,1-2H2;/q-1;. The van der Waals surface area contributed by atoms with Crippen molar-refractivity contribution in [3.63, 3.8) is 0 Å². The van der Waals surface area contributed by atoms with Crippen molar-refractivity contribution < 1.29 is 29.1 Å². The predicted octanol–water partition coefficient (Wildman–Crippen LogP) is 7.51. The molecule has 4 aromatic carbocycles. The number of para-hydroxylation sites is 2. The van der Waals surface area contributed by atoms with E-state index < -0.39 is 0 Å². The number of furan rings is 1. The second-order valence-electron chi connectivity index (χ2n) is 9.02. The molecular formula is C31H19IrN2O-. The molecule has 4 heterocycles. The van der Waals surface area contributed by atoms with Gasteiger partial charge in [-0.1, -0.05) is 60.0 Å². The van der Waals surface area contributed by atoms with Gasteiger partial charge in [0, 0.05) is 48.7 Å². The molecule has 169 valence electrons. The maximum absolute atomic E-state index is 6.55. The van der Waals surface area contributed by atoms with Crippen LogP contribution in [-0.2, 0) is 20.1 Å². The zero-order valence-electron chi connectivity index (χ0n) is 18.7. The van der Waals surface area contributed by atoms with Crippen molar-refractivity contribution in [1.82, 2.24) is 4.40 Å². The Labute approximate surface area is 214 Å². The van der Waals surface area contributed by atoms with Gasteiger partial charge >= 0.3 is 0 Å². The largest absolute Gasteiger partial charge is 0.456 e. The van der Waals surface area contributed by atoms with Crippen molar-refractivity contribution in [1.29, 1.82) is 0 Å². The molecule has 0 spiro atoms. The van der Waals surface area contributed by atoms with Crippen molar-refractivity contribution in [2.75, 3.05) is 0 Å². The summed E-state index contributed by atoms with van der Waals surface area (Å²) in [5.41, 5.74) is 8.32. The molecule has 0 fully saturated rings. The summed E-state index contributed by atoms with van der Waals surface area (Å²) >= 11 is 0. The van der Waals surface area contributed by atoms with Gasteiger partial charge in [-0.05, 0) is 18.2 Å². The van der Waals surface area contributed by atoms with E-state index in [-0.39, 0.29) is 20.1 Å². The third kappa shape index (κ3) is 2.45. The summed E-state index contributed by atoms with van der Waals surface area (Å²) in [6.45, 7) is 4.49. The van der Waals surface area contributed by atoms with Gasteiger partial charge in [-0.2, -0.15) is 12.5 Å². The van der Waals surface area contributed by atoms with Crippen LogP contribution >= 0.6 is 0 Å². The maximum atomic E-state index is 6.55. The van der Waals surface area contributed by atoms with Gasteiger partial charge in [0.25, 0.3) is 0 Å². The van der Waals surface area contributed by atoms with Crippen LogP contribution in [0.5, 0.6) is 0 Å². The fourth-order valence-corrected chi connectivity index (χ4v) is 5.84. The van der Waals surface area contributed by atoms with Gasteiger partial charge in [-0.3, -0.25) is 0 Å². The van der Waals surface area contributed by atoms with E-state index in [9.17, 15) is 0 Å². The molecule has 8 aromatic rings. The second-order valence-corrected chi connectivity index (χ2v) is 9.02. The molecule has 4 heteroatoms. The average Bonchev–Trinajstić information content (AvgIpc) is 3.51. The van der Waals surface area contributed by atoms with Crippen molar-refractivity contribution in [2.45, 2.75) is 0 Å². The zero-order chi connectivity index (χ0) is 22.6. The Morgan fingerprint density at radius 1 is 0.714 bits per heavy atom. The van der Waals surface area contributed by atoms with Crippen molar-refractivity contribution in [3.05, 3.63) is 111 Å². The van der Waals surface area contributed by atoms with Crippen molar-refractivity contribution in [2.24, 2.45) is 0 Å². The summed E-state index contributed by atoms with van der Waals surface area (Å²) in [5, 5.41) is 7.02. The molecule has 0 saturated heterocycles. The Hall–Kier alpha value is -3.98. The van der Waals surface area contributed by atoms with Crippen molar-refractivity contribution in [3.8, 4) is 11.3 Å². The molecule has 0 N–H and O–H groups in total. The number of fused-ring (bicyclic) bond motifs is 9. The zero-order valence-corrected chi connectivity index (χ0v) is 21.1. The first kappa shape index (κ1) is 20.4. The van der Waals surface area contributed by atoms with Crippen LogP contribution in [0.2, 0.25) is 0 Å². The molecule has 1 radical (unpaired) electrons. The van der Waals surface area contributed by atoms with E-state index >= 15 is 0 Å². The van der Waals surface area contributed by atoms with Gasteiger partial charge in [0.1, 0.15) is 5.58 Å². The minimum atomic E-state index is 0. The molecule has 0 aliphatic heterocycles. The predicted molar refractivity (Wildman–Crippen MR) is 139 cm³/mol. The normalized spacial score (nSPS) is 12.0. The Morgan fingerprint density at radius 2 is 1.46 bits per heavy atom. The van der Waals surface area contributed by atoms with Crippen LogP contribution in [-0.4, -0.2) is 4.40 Å². The van der Waals surface area contributed by atoms with Crippen LogP contribution < -0.4 is 4.57 Å². The Bertz CT molecular complexity index is 2100. The number of pyridine rings is 1. The summed E-state index contributed by atoms with van der Waals surface area (Å²) in [7, 11) is 4.36. The SMILES string of the molecule is [CH2-]c1c(-c2c3c(cc[n+]2[CH2-])oc2c4cccc5c6ccccc6n(c54)c23)ccc2ccccc12.[Ir]. The first-order chi connectivity index (χ1) is 16.7. The Kier molecular flexibility index (Phi) is 4.09. The maximum Gasteiger partial charge on any atom is 0.160 e. The molecule has 0 unspecified atom stereocenters. The Morgan fingerprint density at radius 3 is 2.34 bits per heavy atom. The van der Waals surface area contributed by atoms with E-state index in [0.717, 1.165) is 49.7 Å². The van der Waals surface area contributed by atoms with Crippen LogP contribution in [0.4, 0.5) is 0 Å². The van der Waals surface area contributed by atoms with Crippen LogP contribution in [0.25, 0.3) is 71.3 Å². The monoisotopic (exact) mass is 628 g/mol. The smallest absolute Gasteiger partial charge is 0.160 e. The van der Waals surface area contributed by atoms with Crippen LogP contribution in [0, 0.1) is 14.0 Å². The van der Waals surface area contributed by atoms with Gasteiger partial charge in [0.2, 0.25) is 0 Å². The number of rotatable bonds is 1. The molecule has 0 aliphatic carbocycles. The van der Waals surface area contributed by atoms with Gasteiger partial charge in [0.05, 0.1) is 28.4 Å². The quantitative estimate of drug-likeness (QED) is 0.136. The summed E-state index contributed by atoms with van der Waals surface area (Å²) in [4.78, 5) is 0. The molecule has 0 aliphatic rings. The number of hydrogen-bond donors (Lipinski definition) is 0. The first-order valence-corrected chi connectivity index (χ1v) is 11.4. The molecule has 0 amide bonds. The van der Waals surface area contributed by atoms with Gasteiger partial charge in [0.15, 0.2) is 5.58 Å². The fraction of sp³-hybridized carbons (Fsp3) is 0. The topological polar surface area (TPSA) is 21.4 Å². The van der Waals surface area contributed by atoms with Gasteiger partial charge < -0.3 is 13.4 Å². The van der Waals surface area contributed by atoms with Gasteiger partial charge in [-0.25, -0.2) is 0 Å². The third-order valence-electron chi connectivity index (χ3n) is 7.30. The van der Waals surface area contributed by atoms with E-state index in [1.165, 1.54) is 27.2 Å². The minimum Gasteiger partial charge on any atom is -0.456 e. The summed E-state index contributed by atoms with van der Waals surface area (Å²) in [6, 6.07) is 29.8. The van der Waals surface area contributed by atoms with Crippen LogP contribution in [0.15, 0.2) is 95.5 Å². The Balaban J connectivity index is 0.00000210. The molecule has 0 bridgehead atoms. The third-order valence-corrected chi connectivity index (χ3v) is 7.30. The summed E-state index contributed by atoms with van der Waals surface area (Å²) < 4.78 is 10.9. The number of benzene rings is 4. The molecule has 3 nitrogen and oxygen atoms in total. The van der Waals surface area contributed by atoms with Gasteiger partial charge in [-0.15, -0.1) is 23.1 Å². The molecule has 0 atom stereocenters. The van der Waals surface area contributed by atoms with E-state index in [0.29, 0.717) is 0 Å². The van der Waals surface area contributed by atoms with E-state index in [4.69, 9.17) is 4.42 Å².